The molecule has 1 rings (SSSR count). The first-order valence-electron chi connectivity index (χ1n) is 4.82. The molecule has 0 saturated heterocycles. The van der Waals surface area contributed by atoms with Gasteiger partial charge in [0.2, 0.25) is 5.91 Å². The van der Waals surface area contributed by atoms with Crippen LogP contribution in [0.15, 0.2) is 6.33 Å². The van der Waals surface area contributed by atoms with Crippen LogP contribution in [0.3, 0.4) is 0 Å². The summed E-state index contributed by atoms with van der Waals surface area (Å²) in [5.74, 6) is 0.573. The number of aromatic amines is 1. The minimum Gasteiger partial charge on any atom is -0.345 e. The van der Waals surface area contributed by atoms with Crippen LogP contribution in [0.4, 0.5) is 0 Å². The molecule has 0 radical (unpaired) electrons. The maximum absolute atomic E-state index is 11.8. The van der Waals surface area contributed by atoms with Crippen molar-refractivity contribution in [3.8, 4) is 0 Å². The Morgan fingerprint density at radius 1 is 1.60 bits per heavy atom. The minimum atomic E-state index is -0.589. The lowest BCUT2D eigenvalue weighted by atomic mass is 10.0. The van der Waals surface area contributed by atoms with E-state index in [0.717, 1.165) is 0 Å². The maximum atomic E-state index is 11.8. The highest BCUT2D eigenvalue weighted by Crippen LogP contribution is 2.08. The van der Waals surface area contributed by atoms with Crippen molar-refractivity contribution in [3.05, 3.63) is 12.2 Å². The Labute approximate surface area is 88.9 Å². The number of rotatable bonds is 4. The summed E-state index contributed by atoms with van der Waals surface area (Å²) in [6.45, 7) is 5.48. The van der Waals surface area contributed by atoms with E-state index < -0.39 is 5.54 Å². The lowest BCUT2D eigenvalue weighted by Gasteiger charge is -2.24. The zero-order chi connectivity index (χ0) is 11.5. The third-order valence-electron chi connectivity index (χ3n) is 2.38. The van der Waals surface area contributed by atoms with E-state index >= 15 is 0 Å². The molecule has 0 bridgehead atoms. The van der Waals surface area contributed by atoms with E-state index in [-0.39, 0.29) is 11.9 Å². The summed E-state index contributed by atoms with van der Waals surface area (Å²) in [6.07, 6.45) is 1.42. The average Bonchev–Trinajstić information content (AvgIpc) is 2.70. The number of likely N-dealkylation sites (N-methyl/N-ethyl adjacent to an activating group) is 1. The van der Waals surface area contributed by atoms with Gasteiger partial charge in [-0.05, 0) is 27.8 Å². The number of carbonyl (C=O) groups excluding carboxylic acids is 1. The summed E-state index contributed by atoms with van der Waals surface area (Å²) in [4.78, 5) is 15.7. The molecule has 1 aromatic rings. The Hall–Kier alpha value is -1.43. The number of carbonyl (C=O) groups is 1. The normalized spacial score (nSPS) is 13.6. The van der Waals surface area contributed by atoms with Crippen LogP contribution in [-0.2, 0) is 4.79 Å². The molecule has 0 aliphatic carbocycles. The van der Waals surface area contributed by atoms with E-state index in [1.165, 1.54) is 6.33 Å². The summed E-state index contributed by atoms with van der Waals surface area (Å²) in [7, 11) is 1.75. The topological polar surface area (TPSA) is 82.7 Å². The molecule has 0 spiro atoms. The Balaban J connectivity index is 2.60. The monoisotopic (exact) mass is 211 g/mol. The SMILES string of the molecule is CNC(C)(C)C(=O)NC(C)c1ncn[nH]1. The highest BCUT2D eigenvalue weighted by molar-refractivity contribution is 5.85. The molecule has 0 aromatic carbocycles. The smallest absolute Gasteiger partial charge is 0.240 e. The molecule has 6 nitrogen and oxygen atoms in total. The number of H-pyrrole nitrogens is 1. The first kappa shape index (κ1) is 11.6. The van der Waals surface area contributed by atoms with Crippen molar-refractivity contribution in [1.82, 2.24) is 25.8 Å². The van der Waals surface area contributed by atoms with E-state index in [2.05, 4.69) is 25.8 Å². The Morgan fingerprint density at radius 3 is 2.73 bits per heavy atom. The van der Waals surface area contributed by atoms with Crippen LogP contribution in [0.1, 0.15) is 32.6 Å². The summed E-state index contributed by atoms with van der Waals surface area (Å²) in [5, 5.41) is 12.2. The fraction of sp³-hybridized carbons (Fsp3) is 0.667. The zero-order valence-corrected chi connectivity index (χ0v) is 9.46. The number of amides is 1. The van der Waals surface area contributed by atoms with Gasteiger partial charge in [0.05, 0.1) is 11.6 Å². The van der Waals surface area contributed by atoms with E-state index in [4.69, 9.17) is 0 Å². The lowest BCUT2D eigenvalue weighted by Crippen LogP contribution is -2.51. The van der Waals surface area contributed by atoms with Gasteiger partial charge in [-0.2, -0.15) is 5.10 Å². The van der Waals surface area contributed by atoms with Gasteiger partial charge in [0, 0.05) is 0 Å². The predicted molar refractivity (Wildman–Crippen MR) is 56.1 cm³/mol. The van der Waals surface area contributed by atoms with Gasteiger partial charge in [0.25, 0.3) is 0 Å². The van der Waals surface area contributed by atoms with Gasteiger partial charge >= 0.3 is 0 Å². The second-order valence-electron chi connectivity index (χ2n) is 3.94. The molecule has 0 fully saturated rings. The fourth-order valence-corrected chi connectivity index (χ4v) is 0.983. The molecular formula is C9H17N5O. The molecule has 1 heterocycles. The van der Waals surface area contributed by atoms with Crippen LogP contribution in [0.25, 0.3) is 0 Å². The van der Waals surface area contributed by atoms with E-state index in [9.17, 15) is 4.79 Å². The molecule has 6 heteroatoms. The van der Waals surface area contributed by atoms with Crippen molar-refractivity contribution in [2.45, 2.75) is 32.4 Å². The van der Waals surface area contributed by atoms with Crippen LogP contribution >= 0.6 is 0 Å². The van der Waals surface area contributed by atoms with Crippen molar-refractivity contribution in [2.24, 2.45) is 0 Å². The number of nitrogens with one attached hydrogen (secondary N) is 3. The minimum absolute atomic E-state index is 0.0751. The van der Waals surface area contributed by atoms with Gasteiger partial charge in [-0.15, -0.1) is 0 Å². The van der Waals surface area contributed by atoms with Crippen molar-refractivity contribution in [2.75, 3.05) is 7.05 Å². The highest BCUT2D eigenvalue weighted by Gasteiger charge is 2.26. The number of hydrogen-bond acceptors (Lipinski definition) is 4. The van der Waals surface area contributed by atoms with Crippen LogP contribution in [0, 0.1) is 0 Å². The second kappa shape index (κ2) is 4.39. The fourth-order valence-electron chi connectivity index (χ4n) is 0.983. The third-order valence-corrected chi connectivity index (χ3v) is 2.38. The van der Waals surface area contributed by atoms with Crippen LogP contribution in [-0.4, -0.2) is 33.7 Å². The Kier molecular flexibility index (Phi) is 3.41. The molecule has 84 valence electrons. The zero-order valence-electron chi connectivity index (χ0n) is 9.46. The van der Waals surface area contributed by atoms with Gasteiger partial charge in [-0.1, -0.05) is 0 Å². The lowest BCUT2D eigenvalue weighted by molar-refractivity contribution is -0.126. The molecule has 0 aliphatic rings. The first-order valence-corrected chi connectivity index (χ1v) is 4.82. The van der Waals surface area contributed by atoms with Crippen LogP contribution in [0.2, 0.25) is 0 Å². The average molecular weight is 211 g/mol. The maximum Gasteiger partial charge on any atom is 0.240 e. The van der Waals surface area contributed by atoms with Gasteiger partial charge in [-0.3, -0.25) is 9.89 Å². The number of hydrogen-bond donors (Lipinski definition) is 3. The molecule has 3 N–H and O–H groups in total. The molecule has 15 heavy (non-hydrogen) atoms. The van der Waals surface area contributed by atoms with Crippen molar-refractivity contribution >= 4 is 5.91 Å². The van der Waals surface area contributed by atoms with Gasteiger partial charge in [-0.25, -0.2) is 4.98 Å². The summed E-state index contributed by atoms with van der Waals surface area (Å²) in [6, 6.07) is -0.173. The molecule has 0 aliphatic heterocycles. The Morgan fingerprint density at radius 2 is 2.27 bits per heavy atom. The highest BCUT2D eigenvalue weighted by atomic mass is 16.2. The van der Waals surface area contributed by atoms with Crippen molar-refractivity contribution in [3.63, 3.8) is 0 Å². The Bertz CT molecular complexity index is 319. The van der Waals surface area contributed by atoms with Gasteiger partial charge in [0.15, 0.2) is 0 Å². The van der Waals surface area contributed by atoms with Gasteiger partial charge in [0.1, 0.15) is 12.2 Å². The second-order valence-corrected chi connectivity index (χ2v) is 3.94. The number of nitrogens with zero attached hydrogens (tertiary/aromatic N) is 2. The molecule has 0 saturated carbocycles. The molecule has 1 amide bonds. The van der Waals surface area contributed by atoms with Crippen LogP contribution < -0.4 is 10.6 Å². The third kappa shape index (κ3) is 2.76. The largest absolute Gasteiger partial charge is 0.345 e. The number of aromatic nitrogens is 3. The quantitative estimate of drug-likeness (QED) is 0.653. The van der Waals surface area contributed by atoms with Gasteiger partial charge < -0.3 is 10.6 Å². The van der Waals surface area contributed by atoms with Crippen molar-refractivity contribution in [1.29, 1.82) is 0 Å². The van der Waals surface area contributed by atoms with E-state index in [1.807, 2.05) is 20.8 Å². The first-order chi connectivity index (χ1) is 6.97. The summed E-state index contributed by atoms with van der Waals surface area (Å²) >= 11 is 0. The molecule has 1 unspecified atom stereocenters. The van der Waals surface area contributed by atoms with E-state index in [0.29, 0.717) is 5.82 Å². The van der Waals surface area contributed by atoms with E-state index in [1.54, 1.807) is 7.05 Å². The molecule has 1 atom stereocenters. The summed E-state index contributed by atoms with van der Waals surface area (Å²) < 4.78 is 0. The summed E-state index contributed by atoms with van der Waals surface area (Å²) in [5.41, 5.74) is -0.589. The predicted octanol–water partition coefficient (Wildman–Crippen LogP) is -0.0201. The molecule has 1 aromatic heterocycles. The molecular weight excluding hydrogens is 194 g/mol. The van der Waals surface area contributed by atoms with Crippen molar-refractivity contribution < 1.29 is 4.79 Å². The van der Waals surface area contributed by atoms with Crippen LogP contribution in [0.5, 0.6) is 0 Å². The standard InChI is InChI=1S/C9H17N5O/c1-6(7-11-5-12-14-7)13-8(15)9(2,3)10-4/h5-6,10H,1-4H3,(H,13,15)(H,11,12,14).